The van der Waals surface area contributed by atoms with Gasteiger partial charge in [0.1, 0.15) is 5.52 Å². The van der Waals surface area contributed by atoms with E-state index in [1.54, 1.807) is 30.3 Å². The van der Waals surface area contributed by atoms with Crippen molar-refractivity contribution in [2.24, 2.45) is 0 Å². The van der Waals surface area contributed by atoms with Crippen LogP contribution in [0.3, 0.4) is 0 Å². The molecule has 1 aromatic heterocycles. The molecule has 0 saturated heterocycles. The van der Waals surface area contributed by atoms with Gasteiger partial charge < -0.3 is 10.0 Å². The van der Waals surface area contributed by atoms with Crippen molar-refractivity contribution in [3.8, 4) is 5.75 Å². The fourth-order valence-corrected chi connectivity index (χ4v) is 4.81. The third kappa shape index (κ3) is 3.66. The predicted octanol–water partition coefficient (Wildman–Crippen LogP) is 4.16. The van der Waals surface area contributed by atoms with Gasteiger partial charge in [-0.15, -0.1) is 0 Å². The van der Waals surface area contributed by atoms with E-state index < -0.39 is 15.9 Å². The lowest BCUT2D eigenvalue weighted by atomic mass is 10.0. The number of nitrogens with one attached hydrogen (secondary N) is 1. The highest BCUT2D eigenvalue weighted by Crippen LogP contribution is 2.43. The van der Waals surface area contributed by atoms with E-state index in [0.717, 1.165) is 0 Å². The lowest BCUT2D eigenvalue weighted by Crippen LogP contribution is -2.23. The lowest BCUT2D eigenvalue weighted by Gasteiger charge is -2.16. The molecule has 3 aromatic rings. The molecule has 1 amide bonds. The van der Waals surface area contributed by atoms with E-state index in [0.29, 0.717) is 26.6 Å². The normalized spacial score (nSPS) is 13.7. The van der Waals surface area contributed by atoms with Gasteiger partial charge in [0.15, 0.2) is 5.75 Å². The zero-order valence-electron chi connectivity index (χ0n) is 15.8. The predicted molar refractivity (Wildman–Crippen MR) is 117 cm³/mol. The summed E-state index contributed by atoms with van der Waals surface area (Å²) in [4.78, 5) is 18.8. The van der Waals surface area contributed by atoms with Gasteiger partial charge in [0.25, 0.3) is 5.91 Å². The van der Waals surface area contributed by atoms with Crippen molar-refractivity contribution in [2.45, 2.75) is 20.0 Å². The number of aromatic hydroxyl groups is 1. The number of benzene rings is 2. The molecule has 0 unspecified atom stereocenters. The number of hydrogen-bond donors (Lipinski definition) is 2. The van der Waals surface area contributed by atoms with E-state index in [4.69, 9.17) is 23.2 Å². The Morgan fingerprint density at radius 2 is 1.93 bits per heavy atom. The van der Waals surface area contributed by atoms with Crippen LogP contribution in [0.15, 0.2) is 36.5 Å². The van der Waals surface area contributed by atoms with Crippen molar-refractivity contribution in [1.29, 1.82) is 0 Å². The van der Waals surface area contributed by atoms with Crippen LogP contribution < -0.4 is 4.72 Å². The molecule has 4 rings (SSSR count). The Balaban J connectivity index is 1.84. The largest absolute Gasteiger partial charge is 0.505 e. The molecular formula is C20H17Cl2N3O4S. The van der Waals surface area contributed by atoms with Crippen LogP contribution in [0.2, 0.25) is 10.0 Å². The molecule has 0 aliphatic carbocycles. The van der Waals surface area contributed by atoms with Crippen LogP contribution in [0.5, 0.6) is 5.75 Å². The van der Waals surface area contributed by atoms with E-state index in [9.17, 15) is 18.3 Å². The molecule has 1 aliphatic rings. The lowest BCUT2D eigenvalue weighted by molar-refractivity contribution is 0.0764. The first-order valence-electron chi connectivity index (χ1n) is 9.07. The first kappa shape index (κ1) is 20.7. The SMILES string of the molecule is CCS(=O)(=O)Nc1c2c(c(O)c3ncccc13)C(=O)N(Cc1cc(Cl)cc(Cl)c1)C2. The number of fused-ring (bicyclic) bond motifs is 2. The number of carbonyl (C=O) groups excluding carboxylic acids is 1. The molecule has 0 spiro atoms. The van der Waals surface area contributed by atoms with Crippen LogP contribution in [0.25, 0.3) is 10.9 Å². The zero-order valence-corrected chi connectivity index (χ0v) is 18.1. The summed E-state index contributed by atoms with van der Waals surface area (Å²) >= 11 is 12.1. The number of amides is 1. The first-order chi connectivity index (χ1) is 14.2. The molecule has 2 N–H and O–H groups in total. The van der Waals surface area contributed by atoms with Crippen molar-refractivity contribution in [3.63, 3.8) is 0 Å². The van der Waals surface area contributed by atoms with Crippen molar-refractivity contribution in [3.05, 3.63) is 63.3 Å². The Morgan fingerprint density at radius 3 is 2.60 bits per heavy atom. The van der Waals surface area contributed by atoms with Gasteiger partial charge >= 0.3 is 0 Å². The van der Waals surface area contributed by atoms with E-state index in [1.807, 2.05) is 0 Å². The molecule has 2 heterocycles. The van der Waals surface area contributed by atoms with Gasteiger partial charge in [0, 0.05) is 40.3 Å². The number of phenols is 1. The third-order valence-corrected chi connectivity index (χ3v) is 6.64. The zero-order chi connectivity index (χ0) is 21.6. The van der Waals surface area contributed by atoms with Crippen LogP contribution in [-0.2, 0) is 23.1 Å². The van der Waals surface area contributed by atoms with Crippen molar-refractivity contribution in [2.75, 3.05) is 10.5 Å². The first-order valence-corrected chi connectivity index (χ1v) is 11.5. The van der Waals surface area contributed by atoms with Gasteiger partial charge in [-0.2, -0.15) is 0 Å². The molecule has 0 radical (unpaired) electrons. The van der Waals surface area contributed by atoms with Gasteiger partial charge in [-0.05, 0) is 42.8 Å². The van der Waals surface area contributed by atoms with E-state index >= 15 is 0 Å². The number of sulfonamides is 1. The maximum Gasteiger partial charge on any atom is 0.258 e. The maximum absolute atomic E-state index is 13.1. The maximum atomic E-state index is 13.1. The minimum Gasteiger partial charge on any atom is -0.505 e. The Labute approximate surface area is 183 Å². The van der Waals surface area contributed by atoms with Crippen LogP contribution >= 0.6 is 23.2 Å². The molecule has 0 fully saturated rings. The number of carbonyl (C=O) groups is 1. The minimum absolute atomic E-state index is 0.0446. The number of rotatable bonds is 5. The summed E-state index contributed by atoms with van der Waals surface area (Å²) in [6, 6.07) is 8.28. The summed E-state index contributed by atoms with van der Waals surface area (Å²) in [6.07, 6.45) is 1.47. The van der Waals surface area contributed by atoms with E-state index in [2.05, 4.69) is 9.71 Å². The number of phenolic OH excluding ortho intramolecular Hbond substituents is 1. The molecule has 10 heteroatoms. The number of hydrogen-bond acceptors (Lipinski definition) is 5. The third-order valence-electron chi connectivity index (χ3n) is 4.93. The van der Waals surface area contributed by atoms with E-state index in [1.165, 1.54) is 18.0 Å². The monoisotopic (exact) mass is 465 g/mol. The highest BCUT2D eigenvalue weighted by atomic mass is 35.5. The van der Waals surface area contributed by atoms with Crippen molar-refractivity contribution < 1.29 is 18.3 Å². The van der Waals surface area contributed by atoms with Crippen LogP contribution in [0, 0.1) is 0 Å². The molecule has 156 valence electrons. The molecule has 1 aliphatic heterocycles. The summed E-state index contributed by atoms with van der Waals surface area (Å²) in [7, 11) is -3.63. The Hall–Kier alpha value is -2.55. The number of pyridine rings is 1. The Morgan fingerprint density at radius 1 is 1.23 bits per heavy atom. The second-order valence-corrected chi connectivity index (χ2v) is 9.80. The fourth-order valence-electron chi connectivity index (χ4n) is 3.55. The summed E-state index contributed by atoms with van der Waals surface area (Å²) in [5.41, 5.74) is 1.58. The average Bonchev–Trinajstić information content (AvgIpc) is 3.01. The molecule has 2 aromatic carbocycles. The minimum atomic E-state index is -3.63. The van der Waals surface area contributed by atoms with Gasteiger partial charge in [0.2, 0.25) is 10.0 Å². The quantitative estimate of drug-likeness (QED) is 0.550. The molecular weight excluding hydrogens is 449 g/mol. The molecule has 0 atom stereocenters. The van der Waals surface area contributed by atoms with Gasteiger partial charge in [0.05, 0.1) is 17.0 Å². The van der Waals surface area contributed by atoms with Gasteiger partial charge in [-0.25, -0.2) is 8.42 Å². The standard InChI is InChI=1S/C20H17Cl2N3O4S/c1-2-30(28,29)24-17-14-4-3-5-23-18(14)19(26)16-15(17)10-25(20(16)27)9-11-6-12(21)8-13(22)7-11/h3-8,24,26H,2,9-10H2,1H3. The highest BCUT2D eigenvalue weighted by Gasteiger charge is 2.35. The molecule has 7 nitrogen and oxygen atoms in total. The van der Waals surface area contributed by atoms with Gasteiger partial charge in [-0.3, -0.25) is 14.5 Å². The second-order valence-electron chi connectivity index (χ2n) is 6.92. The summed E-state index contributed by atoms with van der Waals surface area (Å²) in [5, 5.41) is 12.1. The number of nitrogens with zero attached hydrogens (tertiary/aromatic N) is 2. The number of anilines is 1. The fraction of sp³-hybridized carbons (Fsp3) is 0.200. The van der Waals surface area contributed by atoms with Crippen molar-refractivity contribution in [1.82, 2.24) is 9.88 Å². The average molecular weight is 466 g/mol. The van der Waals surface area contributed by atoms with Crippen molar-refractivity contribution >= 4 is 55.7 Å². The summed E-state index contributed by atoms with van der Waals surface area (Å²) < 4.78 is 27.2. The van der Waals surface area contributed by atoms with Crippen LogP contribution in [-0.4, -0.2) is 35.1 Å². The van der Waals surface area contributed by atoms with E-state index in [-0.39, 0.29) is 41.4 Å². The number of halogens is 2. The number of aromatic nitrogens is 1. The molecule has 0 saturated carbocycles. The Bertz CT molecular complexity index is 1270. The van der Waals surface area contributed by atoms with Gasteiger partial charge in [-0.1, -0.05) is 23.2 Å². The molecule has 30 heavy (non-hydrogen) atoms. The smallest absolute Gasteiger partial charge is 0.258 e. The molecule has 0 bridgehead atoms. The summed E-state index contributed by atoms with van der Waals surface area (Å²) in [5.74, 6) is -0.830. The Kier molecular flexibility index (Phi) is 5.25. The second kappa shape index (κ2) is 7.61. The van der Waals surface area contributed by atoms with Crippen LogP contribution in [0.1, 0.15) is 28.4 Å². The summed E-state index contributed by atoms with van der Waals surface area (Å²) in [6.45, 7) is 1.82. The van der Waals surface area contributed by atoms with Crippen LogP contribution in [0.4, 0.5) is 5.69 Å². The highest BCUT2D eigenvalue weighted by molar-refractivity contribution is 7.92. The topological polar surface area (TPSA) is 99.6 Å².